The van der Waals surface area contributed by atoms with Gasteiger partial charge in [-0.2, -0.15) is 5.10 Å². The Balaban J connectivity index is 2.13. The molecule has 1 rings (SSSR count). The molecule has 0 fully saturated rings. The highest BCUT2D eigenvalue weighted by Gasteiger charge is 2.05. The molecule has 1 aromatic heterocycles. The van der Waals surface area contributed by atoms with Gasteiger partial charge in [0, 0.05) is 6.54 Å². The summed E-state index contributed by atoms with van der Waals surface area (Å²) in [4.78, 5) is 26.3. The van der Waals surface area contributed by atoms with Gasteiger partial charge in [-0.3, -0.25) is 9.59 Å². The van der Waals surface area contributed by atoms with E-state index in [2.05, 4.69) is 20.7 Å². The quantitative estimate of drug-likeness (QED) is 0.616. The number of carbonyl (C=O) groups is 2. The van der Waals surface area contributed by atoms with Gasteiger partial charge in [0.2, 0.25) is 11.8 Å². The van der Waals surface area contributed by atoms with Crippen LogP contribution in [0, 0.1) is 0 Å². The summed E-state index contributed by atoms with van der Waals surface area (Å²) in [5.41, 5.74) is 0. The molecule has 0 aliphatic carbocycles. The number of rotatable bonds is 7. The molecule has 0 radical (unpaired) electrons. The number of nitrogens with one attached hydrogen (secondary N) is 2. The molecule has 7 heteroatoms. The Kier molecular flexibility index (Phi) is 5.70. The van der Waals surface area contributed by atoms with Crippen molar-refractivity contribution in [3.8, 4) is 0 Å². The molecule has 0 aromatic carbocycles. The van der Waals surface area contributed by atoms with Crippen molar-refractivity contribution >= 4 is 11.8 Å². The third kappa shape index (κ3) is 5.64. The van der Waals surface area contributed by atoms with E-state index in [0.717, 1.165) is 12.8 Å². The van der Waals surface area contributed by atoms with Gasteiger partial charge in [0.15, 0.2) is 0 Å². The Bertz CT molecular complexity index is 350. The highest BCUT2D eigenvalue weighted by Crippen LogP contribution is 1.82. The summed E-state index contributed by atoms with van der Waals surface area (Å²) in [7, 11) is 0. The van der Waals surface area contributed by atoms with Gasteiger partial charge in [0.25, 0.3) is 0 Å². The summed E-state index contributed by atoms with van der Waals surface area (Å²) in [6, 6.07) is 0. The van der Waals surface area contributed by atoms with Crippen molar-refractivity contribution in [2.24, 2.45) is 0 Å². The van der Waals surface area contributed by atoms with E-state index < -0.39 is 0 Å². The second-order valence-electron chi connectivity index (χ2n) is 3.57. The fourth-order valence-electron chi connectivity index (χ4n) is 1.16. The Labute approximate surface area is 99.6 Å². The molecule has 0 atom stereocenters. The van der Waals surface area contributed by atoms with Crippen molar-refractivity contribution in [2.75, 3.05) is 13.1 Å². The van der Waals surface area contributed by atoms with Gasteiger partial charge in [0.05, 0.1) is 6.54 Å². The fraction of sp³-hybridized carbons (Fsp3) is 0.600. The van der Waals surface area contributed by atoms with Crippen LogP contribution in [-0.2, 0) is 16.1 Å². The molecule has 0 bridgehead atoms. The molecule has 1 aromatic rings. The zero-order valence-corrected chi connectivity index (χ0v) is 9.85. The minimum absolute atomic E-state index is 0.00273. The van der Waals surface area contributed by atoms with Crippen LogP contribution in [-0.4, -0.2) is 39.7 Å². The Morgan fingerprint density at radius 1 is 1.29 bits per heavy atom. The third-order valence-corrected chi connectivity index (χ3v) is 2.07. The predicted octanol–water partition coefficient (Wildman–Crippen LogP) is -0.689. The molecule has 0 aliphatic heterocycles. The summed E-state index contributed by atoms with van der Waals surface area (Å²) in [6.07, 6.45) is 4.77. The van der Waals surface area contributed by atoms with Gasteiger partial charge in [-0.05, 0) is 6.42 Å². The first-order valence-corrected chi connectivity index (χ1v) is 5.58. The third-order valence-electron chi connectivity index (χ3n) is 2.07. The molecule has 2 N–H and O–H groups in total. The molecule has 0 spiro atoms. The van der Waals surface area contributed by atoms with E-state index in [-0.39, 0.29) is 24.9 Å². The maximum atomic E-state index is 11.4. The summed E-state index contributed by atoms with van der Waals surface area (Å²) in [6.45, 7) is 2.76. The lowest BCUT2D eigenvalue weighted by atomic mass is 10.3. The van der Waals surface area contributed by atoms with E-state index in [1.54, 1.807) is 0 Å². The van der Waals surface area contributed by atoms with Crippen molar-refractivity contribution < 1.29 is 9.59 Å². The summed E-state index contributed by atoms with van der Waals surface area (Å²) >= 11 is 0. The van der Waals surface area contributed by atoms with Gasteiger partial charge in [-0.25, -0.2) is 9.67 Å². The average Bonchev–Trinajstić information content (AvgIpc) is 2.79. The Morgan fingerprint density at radius 3 is 2.76 bits per heavy atom. The van der Waals surface area contributed by atoms with Gasteiger partial charge >= 0.3 is 0 Å². The lowest BCUT2D eigenvalue weighted by Gasteiger charge is -2.06. The molecular formula is C10H17N5O2. The van der Waals surface area contributed by atoms with Crippen LogP contribution in [0.15, 0.2) is 12.7 Å². The molecule has 0 aliphatic rings. The molecule has 94 valence electrons. The van der Waals surface area contributed by atoms with Crippen LogP contribution in [0.3, 0.4) is 0 Å². The van der Waals surface area contributed by atoms with Gasteiger partial charge in [-0.15, -0.1) is 0 Å². The molecule has 7 nitrogen and oxygen atoms in total. The molecule has 1 heterocycles. The van der Waals surface area contributed by atoms with Gasteiger partial charge < -0.3 is 10.6 Å². The number of hydrogen-bond donors (Lipinski definition) is 2. The monoisotopic (exact) mass is 239 g/mol. The number of amides is 2. The number of aromatic nitrogens is 3. The summed E-state index contributed by atoms with van der Waals surface area (Å²) in [5.74, 6) is -0.438. The first-order valence-electron chi connectivity index (χ1n) is 5.58. The van der Waals surface area contributed by atoms with Crippen molar-refractivity contribution in [1.82, 2.24) is 25.4 Å². The number of nitrogens with zero attached hydrogens (tertiary/aromatic N) is 3. The fourth-order valence-corrected chi connectivity index (χ4v) is 1.16. The second-order valence-corrected chi connectivity index (χ2v) is 3.57. The SMILES string of the molecule is CCCCNC(=O)CNC(=O)Cn1cncn1. The first kappa shape index (κ1) is 13.1. The van der Waals surface area contributed by atoms with E-state index in [9.17, 15) is 9.59 Å². The molecule has 17 heavy (non-hydrogen) atoms. The second kappa shape index (κ2) is 7.37. The van der Waals surface area contributed by atoms with Gasteiger partial charge in [0.1, 0.15) is 19.2 Å². The molecular weight excluding hydrogens is 222 g/mol. The standard InChI is InChI=1S/C10H17N5O2/c1-2-3-4-12-9(16)5-13-10(17)6-15-8-11-7-14-15/h7-8H,2-6H2,1H3,(H,12,16)(H,13,17). The van der Waals surface area contributed by atoms with Crippen LogP contribution in [0.5, 0.6) is 0 Å². The minimum Gasteiger partial charge on any atom is -0.355 e. The molecule has 2 amide bonds. The maximum Gasteiger partial charge on any atom is 0.242 e. The zero-order valence-electron chi connectivity index (χ0n) is 9.85. The van der Waals surface area contributed by atoms with Crippen molar-refractivity contribution in [3.63, 3.8) is 0 Å². The normalized spacial score (nSPS) is 9.94. The van der Waals surface area contributed by atoms with Crippen LogP contribution in [0.25, 0.3) is 0 Å². The van der Waals surface area contributed by atoms with Crippen molar-refractivity contribution in [1.29, 1.82) is 0 Å². The lowest BCUT2D eigenvalue weighted by molar-refractivity contribution is -0.126. The largest absolute Gasteiger partial charge is 0.355 e. The van der Waals surface area contributed by atoms with Crippen LogP contribution in [0.4, 0.5) is 0 Å². The molecule has 0 saturated carbocycles. The Hall–Kier alpha value is -1.92. The minimum atomic E-state index is -0.263. The van der Waals surface area contributed by atoms with Crippen LogP contribution < -0.4 is 10.6 Å². The smallest absolute Gasteiger partial charge is 0.242 e. The predicted molar refractivity (Wildman–Crippen MR) is 60.9 cm³/mol. The summed E-state index contributed by atoms with van der Waals surface area (Å²) < 4.78 is 1.39. The van der Waals surface area contributed by atoms with Gasteiger partial charge in [-0.1, -0.05) is 13.3 Å². The lowest BCUT2D eigenvalue weighted by Crippen LogP contribution is -2.38. The van der Waals surface area contributed by atoms with E-state index >= 15 is 0 Å². The number of hydrogen-bond acceptors (Lipinski definition) is 4. The molecule has 0 unspecified atom stereocenters. The average molecular weight is 239 g/mol. The topological polar surface area (TPSA) is 88.9 Å². The highest BCUT2D eigenvalue weighted by molar-refractivity contribution is 5.84. The van der Waals surface area contributed by atoms with E-state index in [4.69, 9.17) is 0 Å². The number of carbonyl (C=O) groups excluding carboxylic acids is 2. The van der Waals surface area contributed by atoms with E-state index in [1.165, 1.54) is 17.3 Å². The van der Waals surface area contributed by atoms with Crippen LogP contribution >= 0.6 is 0 Å². The maximum absolute atomic E-state index is 11.4. The summed E-state index contributed by atoms with van der Waals surface area (Å²) in [5, 5.41) is 9.01. The highest BCUT2D eigenvalue weighted by atomic mass is 16.2. The first-order chi connectivity index (χ1) is 8.22. The molecule has 0 saturated heterocycles. The van der Waals surface area contributed by atoms with E-state index in [1.807, 2.05) is 6.92 Å². The van der Waals surface area contributed by atoms with Crippen LogP contribution in [0.2, 0.25) is 0 Å². The van der Waals surface area contributed by atoms with E-state index in [0.29, 0.717) is 6.54 Å². The Morgan fingerprint density at radius 2 is 2.12 bits per heavy atom. The van der Waals surface area contributed by atoms with Crippen molar-refractivity contribution in [3.05, 3.63) is 12.7 Å². The number of unbranched alkanes of at least 4 members (excludes halogenated alkanes) is 1. The van der Waals surface area contributed by atoms with Crippen LogP contribution in [0.1, 0.15) is 19.8 Å². The van der Waals surface area contributed by atoms with Crippen molar-refractivity contribution in [2.45, 2.75) is 26.3 Å². The zero-order chi connectivity index (χ0) is 12.5.